The molecule has 4 amide bonds. The third-order valence-electron chi connectivity index (χ3n) is 8.74. The Kier molecular flexibility index (Phi) is 9.79. The Morgan fingerprint density at radius 1 is 1.02 bits per heavy atom. The minimum Gasteiger partial charge on any atom is -0.404 e. The minimum atomic E-state index is -4.77. The number of para-hydroxylation sites is 1. The smallest absolute Gasteiger partial charge is 0.404 e. The third kappa shape index (κ3) is 7.35. The highest BCUT2D eigenvalue weighted by atomic mass is 31.2. The van der Waals surface area contributed by atoms with Crippen molar-refractivity contribution in [2.24, 2.45) is 0 Å². The van der Waals surface area contributed by atoms with E-state index in [2.05, 4.69) is 21.4 Å². The lowest BCUT2D eigenvalue weighted by Crippen LogP contribution is -2.79. The van der Waals surface area contributed by atoms with Crippen LogP contribution in [0.3, 0.4) is 0 Å². The van der Waals surface area contributed by atoms with Crippen molar-refractivity contribution < 1.29 is 33.3 Å². The summed E-state index contributed by atoms with van der Waals surface area (Å²) >= 11 is 0. The van der Waals surface area contributed by atoms with Gasteiger partial charge in [-0.2, -0.15) is 0 Å². The average Bonchev–Trinajstić information content (AvgIpc) is 3.08. The molecule has 6 rings (SSSR count). The number of amides is 4. The Morgan fingerprint density at radius 3 is 2.47 bits per heavy atom. The third-order valence-corrected chi connectivity index (χ3v) is 9.19. The van der Waals surface area contributed by atoms with Crippen LogP contribution in [0.2, 0.25) is 0 Å². The SMILES string of the molecule is C=CCN1CC(=O)N2[C@@H](Cc3ccc(OP(=O)(O)O)cc3)C(=O)N(Cc3cccc4cccnc34)[C@@H](C)[C@@H]2N1C(=O)NCc1ccccc1. The predicted octanol–water partition coefficient (Wildman–Crippen LogP) is 3.83. The summed E-state index contributed by atoms with van der Waals surface area (Å²) in [5, 5.41) is 7.09. The Bertz CT molecular complexity index is 1900. The average molecular weight is 685 g/mol. The van der Waals surface area contributed by atoms with Crippen molar-refractivity contribution in [2.75, 3.05) is 13.1 Å². The van der Waals surface area contributed by atoms with Crippen LogP contribution in [-0.2, 0) is 33.7 Å². The molecule has 14 heteroatoms. The Morgan fingerprint density at radius 2 is 1.76 bits per heavy atom. The first-order valence-electron chi connectivity index (χ1n) is 15.8. The first-order valence-corrected chi connectivity index (χ1v) is 17.3. The highest BCUT2D eigenvalue weighted by Crippen LogP contribution is 2.38. The number of nitrogens with zero attached hydrogens (tertiary/aromatic N) is 5. The van der Waals surface area contributed by atoms with E-state index in [1.807, 2.05) is 67.6 Å². The van der Waals surface area contributed by atoms with Gasteiger partial charge in [0.1, 0.15) is 18.0 Å². The quantitative estimate of drug-likeness (QED) is 0.167. The molecular weight excluding hydrogens is 647 g/mol. The van der Waals surface area contributed by atoms with Crippen LogP contribution in [0.4, 0.5) is 4.79 Å². The molecule has 2 saturated heterocycles. The number of piperazine rings is 1. The van der Waals surface area contributed by atoms with Crippen molar-refractivity contribution in [3.8, 4) is 5.75 Å². The lowest BCUT2D eigenvalue weighted by atomic mass is 9.94. The molecule has 3 atom stereocenters. The van der Waals surface area contributed by atoms with Gasteiger partial charge in [-0.1, -0.05) is 72.8 Å². The van der Waals surface area contributed by atoms with E-state index in [0.717, 1.165) is 22.0 Å². The van der Waals surface area contributed by atoms with Crippen molar-refractivity contribution in [2.45, 2.75) is 44.7 Å². The summed E-state index contributed by atoms with van der Waals surface area (Å²) < 4.78 is 16.0. The van der Waals surface area contributed by atoms with Crippen LogP contribution in [0.15, 0.2) is 104 Å². The summed E-state index contributed by atoms with van der Waals surface area (Å²) in [5.74, 6) is -0.668. The van der Waals surface area contributed by atoms with E-state index in [1.54, 1.807) is 34.3 Å². The van der Waals surface area contributed by atoms with Gasteiger partial charge in [0.2, 0.25) is 11.8 Å². The molecule has 3 N–H and O–H groups in total. The zero-order valence-corrected chi connectivity index (χ0v) is 27.7. The molecule has 4 aromatic rings. The number of hydrazine groups is 1. The fourth-order valence-electron chi connectivity index (χ4n) is 6.55. The number of nitrogens with one attached hydrogen (secondary N) is 1. The number of fused-ring (bicyclic) bond motifs is 2. The molecule has 0 radical (unpaired) electrons. The second kappa shape index (κ2) is 14.2. The fourth-order valence-corrected chi connectivity index (χ4v) is 6.95. The first kappa shape index (κ1) is 33.8. The van der Waals surface area contributed by atoms with Crippen LogP contribution < -0.4 is 9.84 Å². The number of carbonyl (C=O) groups is 3. The number of carbonyl (C=O) groups excluding carboxylic acids is 3. The highest BCUT2D eigenvalue weighted by molar-refractivity contribution is 7.46. The topological polar surface area (TPSA) is 156 Å². The molecular formula is C35H37N6O7P. The summed E-state index contributed by atoms with van der Waals surface area (Å²) in [5.41, 5.74) is 3.08. The number of benzene rings is 3. The summed E-state index contributed by atoms with van der Waals surface area (Å²) in [4.78, 5) is 68.9. The maximum atomic E-state index is 14.6. The molecule has 3 aromatic carbocycles. The maximum absolute atomic E-state index is 14.6. The minimum absolute atomic E-state index is 0.0426. The maximum Gasteiger partial charge on any atom is 0.524 e. The molecule has 1 aromatic heterocycles. The zero-order valence-electron chi connectivity index (χ0n) is 26.8. The standard InChI is InChI=1S/C35H37N6O7P/c1-3-19-38-23-31(42)40-30(20-25-14-16-29(17-15-25)48-49(45,46)47)34(43)39(22-28-12-7-11-27-13-8-18-36-32(27)28)24(2)33(40)41(38)35(44)37-21-26-9-5-4-6-10-26/h3-18,24,30,33H,1,19-23H2,2H3,(H,37,44)(H2,45,46,47)/t24-,30-,33-/m0/s1. The zero-order chi connectivity index (χ0) is 34.7. The van der Waals surface area contributed by atoms with Crippen molar-refractivity contribution in [3.05, 3.63) is 120 Å². The van der Waals surface area contributed by atoms with Crippen LogP contribution in [0, 0.1) is 0 Å². The summed E-state index contributed by atoms with van der Waals surface area (Å²) in [6.45, 7) is 6.18. The molecule has 2 aliphatic heterocycles. The van der Waals surface area contributed by atoms with Crippen molar-refractivity contribution in [1.82, 2.24) is 30.1 Å². The van der Waals surface area contributed by atoms with E-state index in [-0.39, 0.29) is 50.2 Å². The molecule has 254 valence electrons. The monoisotopic (exact) mass is 684 g/mol. The number of hydrogen-bond acceptors (Lipinski definition) is 7. The molecule has 3 heterocycles. The molecule has 0 unspecified atom stereocenters. The molecule has 2 aliphatic rings. The first-order chi connectivity index (χ1) is 23.5. The van der Waals surface area contributed by atoms with E-state index in [1.165, 1.54) is 22.0 Å². The normalized spacial score (nSPS) is 19.9. The second-order valence-electron chi connectivity index (χ2n) is 12.0. The van der Waals surface area contributed by atoms with Gasteiger partial charge in [-0.05, 0) is 41.8 Å². The van der Waals surface area contributed by atoms with Gasteiger partial charge in [-0.25, -0.2) is 19.4 Å². The van der Waals surface area contributed by atoms with Crippen LogP contribution >= 0.6 is 7.82 Å². The Balaban J connectivity index is 1.39. The fraction of sp³-hybridized carbons (Fsp3) is 0.257. The molecule has 0 bridgehead atoms. The van der Waals surface area contributed by atoms with E-state index >= 15 is 0 Å². The molecule has 0 saturated carbocycles. The van der Waals surface area contributed by atoms with E-state index in [0.29, 0.717) is 5.56 Å². The molecule has 0 aliphatic carbocycles. The van der Waals surface area contributed by atoms with Crippen molar-refractivity contribution in [3.63, 3.8) is 0 Å². The lowest BCUT2D eigenvalue weighted by Gasteiger charge is -2.57. The van der Waals surface area contributed by atoms with Gasteiger partial charge in [0, 0.05) is 37.6 Å². The molecule has 0 spiro atoms. The van der Waals surface area contributed by atoms with E-state index < -0.39 is 32.1 Å². The Hall–Kier alpha value is -5.07. The number of phosphoric acid groups is 1. The molecule has 13 nitrogen and oxygen atoms in total. The van der Waals surface area contributed by atoms with Crippen molar-refractivity contribution in [1.29, 1.82) is 0 Å². The van der Waals surface area contributed by atoms with Crippen LogP contribution in [0.25, 0.3) is 10.9 Å². The highest BCUT2D eigenvalue weighted by Gasteiger charge is 2.54. The molecule has 49 heavy (non-hydrogen) atoms. The number of rotatable bonds is 10. The summed E-state index contributed by atoms with van der Waals surface area (Å²) in [7, 11) is -4.77. The van der Waals surface area contributed by atoms with Crippen LogP contribution in [0.5, 0.6) is 5.75 Å². The van der Waals surface area contributed by atoms with Gasteiger partial charge in [0.15, 0.2) is 0 Å². The summed E-state index contributed by atoms with van der Waals surface area (Å²) in [6, 6.07) is 22.9. The number of aromatic nitrogens is 1. The largest absolute Gasteiger partial charge is 0.524 e. The van der Waals surface area contributed by atoms with Gasteiger partial charge in [0.25, 0.3) is 0 Å². The van der Waals surface area contributed by atoms with Gasteiger partial charge >= 0.3 is 13.9 Å². The number of hydrogen-bond donors (Lipinski definition) is 3. The van der Waals surface area contributed by atoms with Crippen LogP contribution in [-0.4, -0.2) is 83.8 Å². The number of pyridine rings is 1. The second-order valence-corrected chi connectivity index (χ2v) is 13.1. The van der Waals surface area contributed by atoms with Crippen molar-refractivity contribution >= 4 is 36.6 Å². The summed E-state index contributed by atoms with van der Waals surface area (Å²) in [6.07, 6.45) is 2.52. The number of phosphoric ester groups is 1. The van der Waals surface area contributed by atoms with Gasteiger partial charge in [-0.15, -0.1) is 6.58 Å². The van der Waals surface area contributed by atoms with Crippen LogP contribution in [0.1, 0.15) is 23.6 Å². The predicted molar refractivity (Wildman–Crippen MR) is 181 cm³/mol. The molecule has 2 fully saturated rings. The van der Waals surface area contributed by atoms with Gasteiger partial charge in [-0.3, -0.25) is 24.4 Å². The van der Waals surface area contributed by atoms with Gasteiger partial charge < -0.3 is 19.6 Å². The number of urea groups is 1. The van der Waals surface area contributed by atoms with E-state index in [4.69, 9.17) is 0 Å². The van der Waals surface area contributed by atoms with Gasteiger partial charge in [0.05, 0.1) is 18.1 Å². The van der Waals surface area contributed by atoms with E-state index in [9.17, 15) is 28.7 Å². The lowest BCUT2D eigenvalue weighted by molar-refractivity contribution is -0.198. The Labute approximate surface area is 283 Å².